The van der Waals surface area contributed by atoms with E-state index in [1.165, 1.54) is 39.0 Å². The molecule has 1 aliphatic rings. The first-order valence-corrected chi connectivity index (χ1v) is 13.3. The molecule has 0 amide bonds. The molecular formula is C27H37OSi. The largest absolute Gasteiger partial charge is 0.496 e. The van der Waals surface area contributed by atoms with E-state index in [4.69, 9.17) is 4.74 Å². The van der Waals surface area contributed by atoms with Crippen LogP contribution in [0.4, 0.5) is 0 Å². The van der Waals surface area contributed by atoms with E-state index >= 15 is 0 Å². The van der Waals surface area contributed by atoms with Gasteiger partial charge in [-0.05, 0) is 57.7 Å². The SMILES string of the molecule is COc1c(C(C)(C)C)cc(-c2cccc3c2C=C(C)C3[Si](C)C)cc1C(C)(C)C. The quantitative estimate of drug-likeness (QED) is 0.474. The van der Waals surface area contributed by atoms with E-state index in [0.29, 0.717) is 5.54 Å². The average Bonchev–Trinajstić information content (AvgIpc) is 2.94. The summed E-state index contributed by atoms with van der Waals surface area (Å²) >= 11 is 0. The van der Waals surface area contributed by atoms with E-state index < -0.39 is 8.80 Å². The number of allylic oxidation sites excluding steroid dienone is 1. The van der Waals surface area contributed by atoms with Gasteiger partial charge in [0.05, 0.1) is 15.9 Å². The van der Waals surface area contributed by atoms with E-state index in [9.17, 15) is 0 Å². The minimum absolute atomic E-state index is 0.0105. The first-order chi connectivity index (χ1) is 13.4. The highest BCUT2D eigenvalue weighted by Gasteiger charge is 2.30. The summed E-state index contributed by atoms with van der Waals surface area (Å²) in [5, 5.41) is 0. The number of rotatable bonds is 3. The van der Waals surface area contributed by atoms with Crippen molar-refractivity contribution in [2.45, 2.75) is 77.9 Å². The van der Waals surface area contributed by atoms with Crippen molar-refractivity contribution in [2.24, 2.45) is 0 Å². The predicted molar refractivity (Wildman–Crippen MR) is 130 cm³/mol. The van der Waals surface area contributed by atoms with Gasteiger partial charge in [0, 0.05) is 11.1 Å². The summed E-state index contributed by atoms with van der Waals surface area (Å²) in [6.45, 7) is 20.8. The molecule has 155 valence electrons. The first kappa shape index (κ1) is 21.9. The summed E-state index contributed by atoms with van der Waals surface area (Å²) in [6.07, 6.45) is 2.44. The molecule has 1 radical (unpaired) electrons. The number of benzene rings is 2. The van der Waals surface area contributed by atoms with Gasteiger partial charge in [0.25, 0.3) is 0 Å². The van der Waals surface area contributed by atoms with Crippen molar-refractivity contribution in [3.8, 4) is 16.9 Å². The molecule has 0 aliphatic heterocycles. The fraction of sp³-hybridized carbons (Fsp3) is 0.481. The fourth-order valence-electron chi connectivity index (χ4n) is 4.69. The minimum atomic E-state index is -0.431. The van der Waals surface area contributed by atoms with Crippen LogP contribution < -0.4 is 4.74 Å². The Labute approximate surface area is 179 Å². The summed E-state index contributed by atoms with van der Waals surface area (Å²) < 4.78 is 5.97. The second-order valence-corrected chi connectivity index (χ2v) is 13.5. The van der Waals surface area contributed by atoms with Gasteiger partial charge >= 0.3 is 0 Å². The summed E-state index contributed by atoms with van der Waals surface area (Å²) in [5.74, 6) is 1.04. The van der Waals surface area contributed by atoms with Gasteiger partial charge < -0.3 is 4.74 Å². The standard InChI is InChI=1S/C27H37OSi/c1-17-14-21-19(12-11-13-20(21)25(17)29(9)10)18-15-22(26(2,3)4)24(28-8)23(16-18)27(5,6)7/h11-16,25H,1-10H3. The van der Waals surface area contributed by atoms with Crippen molar-refractivity contribution in [2.75, 3.05) is 7.11 Å². The maximum absolute atomic E-state index is 5.97. The number of hydrogen-bond acceptors (Lipinski definition) is 1. The molecule has 1 atom stereocenters. The zero-order valence-electron chi connectivity index (χ0n) is 19.9. The van der Waals surface area contributed by atoms with E-state index in [-0.39, 0.29) is 10.8 Å². The topological polar surface area (TPSA) is 9.23 Å². The molecule has 0 fully saturated rings. The Balaban J connectivity index is 2.32. The molecule has 1 nitrogen and oxygen atoms in total. The molecule has 29 heavy (non-hydrogen) atoms. The van der Waals surface area contributed by atoms with Crippen LogP contribution in [0.15, 0.2) is 35.9 Å². The zero-order valence-corrected chi connectivity index (χ0v) is 20.9. The van der Waals surface area contributed by atoms with Crippen LogP contribution in [0.1, 0.15) is 76.3 Å². The molecule has 2 aromatic rings. The monoisotopic (exact) mass is 405 g/mol. The first-order valence-electron chi connectivity index (χ1n) is 10.7. The Bertz CT molecular complexity index is 916. The summed E-state index contributed by atoms with van der Waals surface area (Å²) in [6, 6.07) is 11.6. The normalized spacial score (nSPS) is 16.8. The van der Waals surface area contributed by atoms with Crippen LogP contribution in [0.5, 0.6) is 5.75 Å². The molecule has 2 heteroatoms. The number of fused-ring (bicyclic) bond motifs is 1. The Morgan fingerprint density at radius 3 is 1.90 bits per heavy atom. The molecular weight excluding hydrogens is 368 g/mol. The third kappa shape index (κ3) is 3.96. The van der Waals surface area contributed by atoms with Crippen LogP contribution in [0.25, 0.3) is 17.2 Å². The lowest BCUT2D eigenvalue weighted by Gasteiger charge is -2.30. The van der Waals surface area contributed by atoms with Crippen molar-refractivity contribution >= 4 is 14.9 Å². The molecule has 0 N–H and O–H groups in total. The lowest BCUT2D eigenvalue weighted by Crippen LogP contribution is -2.19. The highest BCUT2D eigenvalue weighted by molar-refractivity contribution is 6.58. The van der Waals surface area contributed by atoms with Crippen LogP contribution in [-0.2, 0) is 10.8 Å². The molecule has 1 aliphatic carbocycles. The lowest BCUT2D eigenvalue weighted by molar-refractivity contribution is 0.381. The van der Waals surface area contributed by atoms with Crippen molar-refractivity contribution in [1.82, 2.24) is 0 Å². The maximum atomic E-state index is 5.97. The van der Waals surface area contributed by atoms with Gasteiger partial charge in [0.15, 0.2) is 0 Å². The molecule has 2 aromatic carbocycles. The summed E-state index contributed by atoms with van der Waals surface area (Å²) in [7, 11) is 1.38. The Morgan fingerprint density at radius 2 is 1.45 bits per heavy atom. The molecule has 1 unspecified atom stereocenters. The van der Waals surface area contributed by atoms with Crippen molar-refractivity contribution in [3.05, 3.63) is 58.2 Å². The van der Waals surface area contributed by atoms with Crippen LogP contribution in [-0.4, -0.2) is 15.9 Å². The minimum Gasteiger partial charge on any atom is -0.496 e. The second kappa shape index (κ2) is 7.47. The molecule has 3 rings (SSSR count). The van der Waals surface area contributed by atoms with Gasteiger partial charge in [-0.2, -0.15) is 0 Å². The van der Waals surface area contributed by atoms with Gasteiger partial charge in [-0.1, -0.05) is 84.5 Å². The van der Waals surface area contributed by atoms with E-state index in [1.807, 2.05) is 7.11 Å². The second-order valence-electron chi connectivity index (χ2n) is 10.8. The summed E-state index contributed by atoms with van der Waals surface area (Å²) in [4.78, 5) is 0. The molecule has 0 saturated heterocycles. The molecule has 0 saturated carbocycles. The van der Waals surface area contributed by atoms with Crippen LogP contribution in [0.2, 0.25) is 13.1 Å². The van der Waals surface area contributed by atoms with Crippen LogP contribution in [0.3, 0.4) is 0 Å². The zero-order chi connectivity index (χ0) is 21.7. The van der Waals surface area contributed by atoms with Gasteiger partial charge in [-0.15, -0.1) is 0 Å². The van der Waals surface area contributed by atoms with E-state index in [1.54, 1.807) is 0 Å². The van der Waals surface area contributed by atoms with Crippen LogP contribution >= 0.6 is 0 Å². The van der Waals surface area contributed by atoms with Gasteiger partial charge in [-0.25, -0.2) is 0 Å². The molecule has 0 aromatic heterocycles. The molecule has 0 spiro atoms. The summed E-state index contributed by atoms with van der Waals surface area (Å²) in [5.41, 5.74) is 10.3. The van der Waals surface area contributed by atoms with Gasteiger partial charge in [0.2, 0.25) is 0 Å². The predicted octanol–water partition coefficient (Wildman–Crippen LogP) is 7.75. The van der Waals surface area contributed by atoms with Crippen molar-refractivity contribution in [3.63, 3.8) is 0 Å². The molecule has 0 heterocycles. The Kier molecular flexibility index (Phi) is 5.64. The highest BCUT2D eigenvalue weighted by atomic mass is 28.3. The third-order valence-electron chi connectivity index (χ3n) is 6.08. The van der Waals surface area contributed by atoms with E-state index in [0.717, 1.165) is 5.75 Å². The van der Waals surface area contributed by atoms with Crippen molar-refractivity contribution < 1.29 is 4.74 Å². The highest BCUT2D eigenvalue weighted by Crippen LogP contribution is 2.46. The Hall–Kier alpha value is -1.80. The van der Waals surface area contributed by atoms with E-state index in [2.05, 4.69) is 98.0 Å². The van der Waals surface area contributed by atoms with Crippen molar-refractivity contribution in [1.29, 1.82) is 0 Å². The molecule has 0 bridgehead atoms. The fourth-order valence-corrected chi connectivity index (χ4v) is 6.56. The smallest absolute Gasteiger partial charge is 0.126 e. The average molecular weight is 406 g/mol. The third-order valence-corrected chi connectivity index (χ3v) is 8.00. The van der Waals surface area contributed by atoms with Gasteiger partial charge in [-0.3, -0.25) is 0 Å². The lowest BCUT2D eigenvalue weighted by atomic mass is 9.77. The van der Waals surface area contributed by atoms with Gasteiger partial charge in [0.1, 0.15) is 5.75 Å². The number of methoxy groups -OCH3 is 1. The number of hydrogen-bond donors (Lipinski definition) is 0. The number of ether oxygens (including phenoxy) is 1. The maximum Gasteiger partial charge on any atom is 0.126 e. The Morgan fingerprint density at radius 1 is 0.897 bits per heavy atom. The van der Waals surface area contributed by atoms with Crippen LogP contribution in [0, 0.1) is 0 Å².